The van der Waals surface area contributed by atoms with Gasteiger partial charge in [0.05, 0.1) is 0 Å². The highest BCUT2D eigenvalue weighted by atomic mass is 16.3. The molecule has 0 bridgehead atoms. The van der Waals surface area contributed by atoms with E-state index in [4.69, 9.17) is 0 Å². The Kier molecular flexibility index (Phi) is 6.03. The van der Waals surface area contributed by atoms with E-state index in [2.05, 4.69) is 17.0 Å². The van der Waals surface area contributed by atoms with Gasteiger partial charge in [-0.2, -0.15) is 0 Å². The predicted molar refractivity (Wildman–Crippen MR) is 120 cm³/mol. The van der Waals surface area contributed by atoms with Gasteiger partial charge in [-0.25, -0.2) is 0 Å². The van der Waals surface area contributed by atoms with E-state index in [0.717, 1.165) is 49.8 Å². The molecule has 1 heterocycles. The quantitative estimate of drug-likeness (QED) is 0.443. The van der Waals surface area contributed by atoms with Crippen LogP contribution in [0.15, 0.2) is 60.7 Å². The molecule has 0 atom stereocenters. The Morgan fingerprint density at radius 3 is 1.87 bits per heavy atom. The number of aromatic hydroxyl groups is 2. The van der Waals surface area contributed by atoms with Gasteiger partial charge in [-0.3, -0.25) is 9.59 Å². The second-order valence-electron chi connectivity index (χ2n) is 7.95. The van der Waals surface area contributed by atoms with Gasteiger partial charge in [0.15, 0.2) is 0 Å². The van der Waals surface area contributed by atoms with Crippen LogP contribution in [-0.2, 0) is 0 Å². The van der Waals surface area contributed by atoms with Gasteiger partial charge >= 0.3 is 0 Å². The Morgan fingerprint density at radius 2 is 1.32 bits per heavy atom. The molecule has 5 heteroatoms. The number of phenols is 2. The lowest BCUT2D eigenvalue weighted by molar-refractivity contribution is 0.111. The molecule has 5 nitrogen and oxygen atoms in total. The van der Waals surface area contributed by atoms with Crippen LogP contribution in [0.4, 0.5) is 5.69 Å². The molecule has 0 aliphatic carbocycles. The van der Waals surface area contributed by atoms with E-state index in [1.54, 1.807) is 24.3 Å². The summed E-state index contributed by atoms with van der Waals surface area (Å²) < 4.78 is 0. The van der Waals surface area contributed by atoms with Crippen LogP contribution in [0, 0.1) is 0 Å². The van der Waals surface area contributed by atoms with E-state index in [1.165, 1.54) is 18.6 Å². The lowest BCUT2D eigenvalue weighted by Crippen LogP contribution is -2.29. The summed E-state index contributed by atoms with van der Waals surface area (Å²) in [7, 11) is 0. The molecule has 1 aliphatic rings. The van der Waals surface area contributed by atoms with Crippen molar-refractivity contribution < 1.29 is 19.8 Å². The van der Waals surface area contributed by atoms with Gasteiger partial charge in [-0.15, -0.1) is 0 Å². The van der Waals surface area contributed by atoms with Crippen LogP contribution in [0.2, 0.25) is 0 Å². The van der Waals surface area contributed by atoms with Crippen molar-refractivity contribution in [2.45, 2.75) is 25.2 Å². The third kappa shape index (κ3) is 4.31. The molecule has 1 saturated heterocycles. The third-order valence-electron chi connectivity index (χ3n) is 5.92. The fourth-order valence-electron chi connectivity index (χ4n) is 4.33. The molecule has 0 unspecified atom stereocenters. The summed E-state index contributed by atoms with van der Waals surface area (Å²) in [6.45, 7) is 1.98. The summed E-state index contributed by atoms with van der Waals surface area (Å²) in [4.78, 5) is 25.2. The van der Waals surface area contributed by atoms with E-state index in [9.17, 15) is 19.8 Å². The fraction of sp³-hybridized carbons (Fsp3) is 0.231. The van der Waals surface area contributed by atoms with E-state index < -0.39 is 5.92 Å². The van der Waals surface area contributed by atoms with Crippen molar-refractivity contribution in [3.8, 4) is 11.5 Å². The second-order valence-corrected chi connectivity index (χ2v) is 7.95. The Labute approximate surface area is 181 Å². The van der Waals surface area contributed by atoms with Gasteiger partial charge < -0.3 is 15.1 Å². The van der Waals surface area contributed by atoms with Crippen molar-refractivity contribution in [2.24, 2.45) is 0 Å². The number of carbonyl (C=O) groups is 2. The maximum absolute atomic E-state index is 11.4. The first kappa shape index (κ1) is 20.7. The predicted octanol–water partition coefficient (Wildman–Crippen LogP) is 4.89. The molecule has 0 spiro atoms. The minimum atomic E-state index is -0.551. The molecule has 0 radical (unpaired) electrons. The van der Waals surface area contributed by atoms with E-state index >= 15 is 0 Å². The topological polar surface area (TPSA) is 77.8 Å². The first-order valence-corrected chi connectivity index (χ1v) is 10.5. The van der Waals surface area contributed by atoms with Crippen LogP contribution in [0.1, 0.15) is 62.6 Å². The highest BCUT2D eigenvalue weighted by molar-refractivity contribution is 5.78. The summed E-state index contributed by atoms with van der Waals surface area (Å²) in [6.07, 6.45) is 4.99. The molecular formula is C26H25NO4. The van der Waals surface area contributed by atoms with Crippen LogP contribution >= 0.6 is 0 Å². The SMILES string of the molecule is O=Cc1ccc(O)c(C(c2cccc(N3CCCCC3)c2)c2cc(C=O)ccc2O)c1. The lowest BCUT2D eigenvalue weighted by atomic mass is 9.82. The van der Waals surface area contributed by atoms with Crippen molar-refractivity contribution in [1.82, 2.24) is 0 Å². The number of aldehydes is 2. The zero-order valence-corrected chi connectivity index (χ0v) is 17.2. The Morgan fingerprint density at radius 1 is 0.742 bits per heavy atom. The standard InChI is InChI=1S/C26H25NO4/c28-16-18-7-9-24(30)22(13-18)26(23-14-19(17-29)8-10-25(23)31)20-5-4-6-21(15-20)27-11-2-1-3-12-27/h4-10,13-17,26,30-31H,1-3,11-12H2. The van der Waals surface area contributed by atoms with Gasteiger partial charge in [-0.05, 0) is 73.4 Å². The largest absolute Gasteiger partial charge is 0.508 e. The van der Waals surface area contributed by atoms with Crippen molar-refractivity contribution in [3.05, 3.63) is 88.5 Å². The van der Waals surface area contributed by atoms with Crippen LogP contribution in [-0.4, -0.2) is 35.9 Å². The minimum absolute atomic E-state index is 0.0230. The molecule has 3 aromatic rings. The van der Waals surface area contributed by atoms with Gasteiger partial charge in [-0.1, -0.05) is 12.1 Å². The average molecular weight is 415 g/mol. The van der Waals surface area contributed by atoms with Crippen LogP contribution < -0.4 is 4.90 Å². The average Bonchev–Trinajstić information content (AvgIpc) is 2.82. The summed E-state index contributed by atoms with van der Waals surface area (Å²) >= 11 is 0. The number of phenolic OH excluding ortho intramolecular Hbond substituents is 2. The number of hydrogen-bond acceptors (Lipinski definition) is 5. The summed E-state index contributed by atoms with van der Waals surface area (Å²) in [5, 5.41) is 21.4. The second kappa shape index (κ2) is 9.04. The molecule has 0 aromatic heterocycles. The normalized spacial score (nSPS) is 13.9. The molecule has 4 rings (SSSR count). The molecule has 3 aromatic carbocycles. The Hall–Kier alpha value is -3.60. The number of rotatable bonds is 6. The maximum atomic E-state index is 11.4. The number of hydrogen-bond donors (Lipinski definition) is 2. The number of benzene rings is 3. The number of carbonyl (C=O) groups excluding carboxylic acids is 2. The van der Waals surface area contributed by atoms with Crippen LogP contribution in [0.5, 0.6) is 11.5 Å². The number of piperidine rings is 1. The van der Waals surface area contributed by atoms with E-state index in [1.807, 2.05) is 12.1 Å². The Balaban J connectivity index is 1.90. The van der Waals surface area contributed by atoms with E-state index in [0.29, 0.717) is 22.3 Å². The molecule has 0 amide bonds. The maximum Gasteiger partial charge on any atom is 0.150 e. The van der Waals surface area contributed by atoms with Gasteiger partial charge in [0.25, 0.3) is 0 Å². The minimum Gasteiger partial charge on any atom is -0.508 e. The highest BCUT2D eigenvalue weighted by Crippen LogP contribution is 2.42. The van der Waals surface area contributed by atoms with Crippen molar-refractivity contribution >= 4 is 18.3 Å². The number of anilines is 1. The monoisotopic (exact) mass is 415 g/mol. The lowest BCUT2D eigenvalue weighted by Gasteiger charge is -2.30. The van der Waals surface area contributed by atoms with Crippen molar-refractivity contribution in [1.29, 1.82) is 0 Å². The molecule has 158 valence electrons. The molecule has 2 N–H and O–H groups in total. The first-order chi connectivity index (χ1) is 15.1. The highest BCUT2D eigenvalue weighted by Gasteiger charge is 2.25. The zero-order chi connectivity index (χ0) is 21.8. The summed E-state index contributed by atoms with van der Waals surface area (Å²) in [5.74, 6) is -0.505. The molecule has 0 saturated carbocycles. The molecular weight excluding hydrogens is 390 g/mol. The molecule has 1 aliphatic heterocycles. The van der Waals surface area contributed by atoms with Crippen LogP contribution in [0.3, 0.4) is 0 Å². The summed E-state index contributed by atoms with van der Waals surface area (Å²) in [6, 6.07) is 17.4. The van der Waals surface area contributed by atoms with E-state index in [-0.39, 0.29) is 11.5 Å². The fourth-order valence-corrected chi connectivity index (χ4v) is 4.33. The van der Waals surface area contributed by atoms with Crippen molar-refractivity contribution in [3.63, 3.8) is 0 Å². The Bertz CT molecular complexity index is 1040. The third-order valence-corrected chi connectivity index (χ3v) is 5.92. The molecule has 1 fully saturated rings. The van der Waals surface area contributed by atoms with Crippen molar-refractivity contribution in [2.75, 3.05) is 18.0 Å². The summed E-state index contributed by atoms with van der Waals surface area (Å²) in [5.41, 5.74) is 3.79. The van der Waals surface area contributed by atoms with Crippen LogP contribution in [0.25, 0.3) is 0 Å². The molecule has 31 heavy (non-hydrogen) atoms. The number of nitrogens with zero attached hydrogens (tertiary/aromatic N) is 1. The van der Waals surface area contributed by atoms with Gasteiger partial charge in [0.2, 0.25) is 0 Å². The zero-order valence-electron chi connectivity index (χ0n) is 17.2. The van der Waals surface area contributed by atoms with Gasteiger partial charge in [0.1, 0.15) is 24.1 Å². The van der Waals surface area contributed by atoms with Gasteiger partial charge in [0, 0.05) is 46.9 Å². The smallest absolute Gasteiger partial charge is 0.150 e. The first-order valence-electron chi connectivity index (χ1n) is 10.5.